The number of halogens is 1. The summed E-state index contributed by atoms with van der Waals surface area (Å²) in [6, 6.07) is 12.1. The molecule has 6 nitrogen and oxygen atoms in total. The van der Waals surface area contributed by atoms with Crippen LogP contribution in [0.25, 0.3) is 0 Å². The second-order valence-electron chi connectivity index (χ2n) is 6.88. The molecule has 0 radical (unpaired) electrons. The van der Waals surface area contributed by atoms with E-state index in [0.29, 0.717) is 34.4 Å². The number of carbonyl (C=O) groups excluding carboxylic acids is 1. The molecule has 0 atom stereocenters. The number of amides is 1. The Balaban J connectivity index is 1.61. The zero-order valence-electron chi connectivity index (χ0n) is 16.8. The van der Waals surface area contributed by atoms with Crippen LogP contribution in [0.4, 0.5) is 5.69 Å². The molecule has 29 heavy (non-hydrogen) atoms. The van der Waals surface area contributed by atoms with Crippen LogP contribution in [0, 0.1) is 13.8 Å². The van der Waals surface area contributed by atoms with Crippen LogP contribution in [0.1, 0.15) is 41.2 Å². The van der Waals surface area contributed by atoms with Gasteiger partial charge in [0.2, 0.25) is 0 Å². The maximum atomic E-state index is 12.5. The van der Waals surface area contributed by atoms with Crippen molar-refractivity contribution in [3.05, 3.63) is 70.1 Å². The van der Waals surface area contributed by atoms with Gasteiger partial charge in [0, 0.05) is 11.3 Å². The van der Waals surface area contributed by atoms with Gasteiger partial charge in [0.1, 0.15) is 23.9 Å². The Kier molecular flexibility index (Phi) is 6.44. The molecule has 0 saturated heterocycles. The van der Waals surface area contributed by atoms with Crippen molar-refractivity contribution in [2.24, 2.45) is 0 Å². The zero-order chi connectivity index (χ0) is 21.0. The van der Waals surface area contributed by atoms with Gasteiger partial charge in [-0.25, -0.2) is 0 Å². The molecule has 1 aromatic heterocycles. The van der Waals surface area contributed by atoms with E-state index in [0.717, 1.165) is 17.0 Å². The lowest BCUT2D eigenvalue weighted by atomic mass is 10.2. The van der Waals surface area contributed by atoms with Gasteiger partial charge in [0.05, 0.1) is 22.4 Å². The van der Waals surface area contributed by atoms with Crippen LogP contribution < -0.4 is 14.8 Å². The Hall–Kier alpha value is -2.99. The summed E-state index contributed by atoms with van der Waals surface area (Å²) in [5, 5.41) is 7.18. The second kappa shape index (κ2) is 9.01. The number of carbonyl (C=O) groups is 1. The van der Waals surface area contributed by atoms with Gasteiger partial charge in [-0.15, -0.1) is 0 Å². The third-order valence-corrected chi connectivity index (χ3v) is 4.53. The normalized spacial score (nSPS) is 10.8. The first-order valence-electron chi connectivity index (χ1n) is 9.25. The topological polar surface area (TPSA) is 73.6 Å². The number of rotatable bonds is 7. The molecule has 0 saturated carbocycles. The summed E-state index contributed by atoms with van der Waals surface area (Å²) in [5.74, 6) is 1.73. The van der Waals surface area contributed by atoms with Crippen molar-refractivity contribution in [1.29, 1.82) is 0 Å². The van der Waals surface area contributed by atoms with Crippen LogP contribution in [0.2, 0.25) is 5.02 Å². The van der Waals surface area contributed by atoms with E-state index < -0.39 is 0 Å². The van der Waals surface area contributed by atoms with Gasteiger partial charge < -0.3 is 19.3 Å². The van der Waals surface area contributed by atoms with Gasteiger partial charge in [0.15, 0.2) is 0 Å². The van der Waals surface area contributed by atoms with Crippen molar-refractivity contribution >= 4 is 23.2 Å². The number of hydrogen-bond acceptors (Lipinski definition) is 5. The van der Waals surface area contributed by atoms with E-state index in [4.69, 9.17) is 25.6 Å². The first-order chi connectivity index (χ1) is 13.8. The molecular formula is C22H23ClN2O4. The minimum Gasteiger partial charge on any atom is -0.489 e. The Morgan fingerprint density at radius 2 is 1.90 bits per heavy atom. The predicted molar refractivity (Wildman–Crippen MR) is 112 cm³/mol. The van der Waals surface area contributed by atoms with Gasteiger partial charge in [-0.1, -0.05) is 16.8 Å². The minimum atomic E-state index is -0.240. The molecule has 0 aliphatic carbocycles. The molecule has 0 unspecified atom stereocenters. The quantitative estimate of drug-likeness (QED) is 0.547. The van der Waals surface area contributed by atoms with Crippen molar-refractivity contribution in [3.8, 4) is 11.5 Å². The van der Waals surface area contributed by atoms with Crippen LogP contribution in [-0.4, -0.2) is 17.2 Å². The van der Waals surface area contributed by atoms with Crippen LogP contribution in [0.15, 0.2) is 47.0 Å². The van der Waals surface area contributed by atoms with Crippen molar-refractivity contribution in [3.63, 3.8) is 0 Å². The second-order valence-corrected chi connectivity index (χ2v) is 7.29. The monoisotopic (exact) mass is 414 g/mol. The maximum absolute atomic E-state index is 12.5. The molecule has 3 rings (SSSR count). The molecule has 1 amide bonds. The molecule has 0 aliphatic rings. The van der Waals surface area contributed by atoms with E-state index in [-0.39, 0.29) is 12.0 Å². The first kappa shape index (κ1) is 20.7. The number of nitrogens with zero attached hydrogens (tertiary/aromatic N) is 1. The van der Waals surface area contributed by atoms with E-state index in [1.54, 1.807) is 42.5 Å². The SMILES string of the molecule is Cc1noc(C)c1COc1ccc(C(=O)Nc2ccc(OC(C)C)c(Cl)c2)cc1. The van der Waals surface area contributed by atoms with Crippen LogP contribution >= 0.6 is 11.6 Å². The Morgan fingerprint density at radius 3 is 2.48 bits per heavy atom. The average Bonchev–Trinajstić information content (AvgIpc) is 3.00. The summed E-state index contributed by atoms with van der Waals surface area (Å²) in [4.78, 5) is 12.5. The van der Waals surface area contributed by atoms with Crippen molar-refractivity contribution in [2.75, 3.05) is 5.32 Å². The lowest BCUT2D eigenvalue weighted by molar-refractivity contribution is 0.102. The number of hydrogen-bond donors (Lipinski definition) is 1. The van der Waals surface area contributed by atoms with Crippen LogP contribution in [0.3, 0.4) is 0 Å². The van der Waals surface area contributed by atoms with Crippen molar-refractivity contribution in [1.82, 2.24) is 5.16 Å². The lowest BCUT2D eigenvalue weighted by Gasteiger charge is -2.13. The summed E-state index contributed by atoms with van der Waals surface area (Å²) in [6.45, 7) is 7.92. The molecule has 0 fully saturated rings. The predicted octanol–water partition coefficient (Wildman–Crippen LogP) is 5.56. The molecule has 1 N–H and O–H groups in total. The summed E-state index contributed by atoms with van der Waals surface area (Å²) in [7, 11) is 0. The van der Waals surface area contributed by atoms with Crippen molar-refractivity contribution < 1.29 is 18.8 Å². The summed E-state index contributed by atoms with van der Waals surface area (Å²) < 4.78 is 16.5. The van der Waals surface area contributed by atoms with Gasteiger partial charge >= 0.3 is 0 Å². The zero-order valence-corrected chi connectivity index (χ0v) is 17.5. The molecule has 0 spiro atoms. The molecule has 0 aliphatic heterocycles. The van der Waals surface area contributed by atoms with E-state index in [1.165, 1.54) is 0 Å². The summed E-state index contributed by atoms with van der Waals surface area (Å²) in [6.07, 6.45) is 0.0197. The van der Waals surface area contributed by atoms with Gasteiger partial charge in [-0.3, -0.25) is 4.79 Å². The molecular weight excluding hydrogens is 392 g/mol. The number of nitrogens with one attached hydrogen (secondary N) is 1. The number of aromatic nitrogens is 1. The van der Waals surface area contributed by atoms with E-state index in [1.807, 2.05) is 27.7 Å². The Labute approximate surface area is 174 Å². The smallest absolute Gasteiger partial charge is 0.255 e. The standard InChI is InChI=1S/C22H23ClN2O4/c1-13(2)28-21-10-7-17(11-20(21)23)24-22(26)16-5-8-18(9-6-16)27-12-19-14(3)25-29-15(19)4/h5-11,13H,12H2,1-4H3,(H,24,26). The molecule has 3 aromatic rings. The highest BCUT2D eigenvalue weighted by Gasteiger charge is 2.11. The highest BCUT2D eigenvalue weighted by Crippen LogP contribution is 2.29. The molecule has 152 valence electrons. The molecule has 1 heterocycles. The Morgan fingerprint density at radius 1 is 1.17 bits per heavy atom. The van der Waals surface area contributed by atoms with E-state index in [2.05, 4.69) is 10.5 Å². The Bertz CT molecular complexity index is 977. The molecule has 2 aromatic carbocycles. The molecule has 7 heteroatoms. The highest BCUT2D eigenvalue weighted by atomic mass is 35.5. The van der Waals surface area contributed by atoms with Crippen LogP contribution in [0.5, 0.6) is 11.5 Å². The third kappa shape index (κ3) is 5.29. The highest BCUT2D eigenvalue weighted by molar-refractivity contribution is 6.32. The number of anilines is 1. The van der Waals surface area contributed by atoms with E-state index in [9.17, 15) is 4.79 Å². The van der Waals surface area contributed by atoms with Gasteiger partial charge in [-0.2, -0.15) is 0 Å². The fourth-order valence-corrected chi connectivity index (χ4v) is 2.92. The molecule has 0 bridgehead atoms. The number of aryl methyl sites for hydroxylation is 2. The first-order valence-corrected chi connectivity index (χ1v) is 9.63. The minimum absolute atomic E-state index is 0.0197. The third-order valence-electron chi connectivity index (χ3n) is 4.23. The van der Waals surface area contributed by atoms with Crippen molar-refractivity contribution in [2.45, 2.75) is 40.4 Å². The largest absolute Gasteiger partial charge is 0.489 e. The fourth-order valence-electron chi connectivity index (χ4n) is 2.70. The van der Waals surface area contributed by atoms with Gasteiger partial charge in [0.25, 0.3) is 5.91 Å². The number of ether oxygens (including phenoxy) is 2. The average molecular weight is 415 g/mol. The van der Waals surface area contributed by atoms with Gasteiger partial charge in [-0.05, 0) is 70.2 Å². The fraction of sp³-hybridized carbons (Fsp3) is 0.273. The van der Waals surface area contributed by atoms with Crippen LogP contribution in [-0.2, 0) is 6.61 Å². The summed E-state index contributed by atoms with van der Waals surface area (Å²) >= 11 is 6.22. The lowest BCUT2D eigenvalue weighted by Crippen LogP contribution is -2.12. The summed E-state index contributed by atoms with van der Waals surface area (Å²) in [5.41, 5.74) is 2.83. The number of benzene rings is 2. The maximum Gasteiger partial charge on any atom is 0.255 e. The van der Waals surface area contributed by atoms with E-state index >= 15 is 0 Å².